The third-order valence-corrected chi connectivity index (χ3v) is 9.13. The van der Waals surface area contributed by atoms with Gasteiger partial charge in [-0.25, -0.2) is 9.79 Å². The maximum atomic E-state index is 14.0. The van der Waals surface area contributed by atoms with E-state index in [0.717, 1.165) is 45.3 Å². The monoisotopic (exact) mass is 636 g/mol. The average Bonchev–Trinajstić information content (AvgIpc) is 3.61. The van der Waals surface area contributed by atoms with Crippen molar-refractivity contribution in [2.24, 2.45) is 4.99 Å². The molecule has 1 aliphatic heterocycles. The molecule has 0 bridgehead atoms. The van der Waals surface area contributed by atoms with Crippen molar-refractivity contribution >= 4 is 45.0 Å². The van der Waals surface area contributed by atoms with Gasteiger partial charge >= 0.3 is 5.97 Å². The van der Waals surface area contributed by atoms with Crippen LogP contribution in [-0.2, 0) is 11.2 Å². The minimum atomic E-state index is -0.377. The minimum absolute atomic E-state index is 0.0978. The molecular weight excluding hydrogens is 612 g/mol. The lowest BCUT2D eigenvalue weighted by molar-refractivity contribution is 0.0526. The van der Waals surface area contributed by atoms with Crippen LogP contribution in [0.15, 0.2) is 109 Å². The Balaban J connectivity index is 1.33. The summed E-state index contributed by atoms with van der Waals surface area (Å²) in [7, 11) is 0. The number of ether oxygens (including phenoxy) is 1. The Hall–Kier alpha value is -4.27. The van der Waals surface area contributed by atoms with Crippen LogP contribution in [0.2, 0.25) is 0 Å². The summed E-state index contributed by atoms with van der Waals surface area (Å²) in [6, 6.07) is 27.2. The molecule has 0 spiro atoms. The number of carbonyl (C=O) groups is 1. The number of fused-ring (bicyclic) bond motifs is 3. The highest BCUT2D eigenvalue weighted by atomic mass is 79.9. The van der Waals surface area contributed by atoms with E-state index in [1.807, 2.05) is 41.0 Å². The maximum absolute atomic E-state index is 14.0. The number of halogens is 1. The van der Waals surface area contributed by atoms with Gasteiger partial charge in [-0.05, 0) is 72.9 Å². The molecule has 2 aliphatic rings. The Kier molecular flexibility index (Phi) is 6.88. The number of rotatable bonds is 5. The molecule has 0 unspecified atom stereocenters. The first-order valence-corrected chi connectivity index (χ1v) is 15.4. The fourth-order valence-corrected chi connectivity index (χ4v) is 6.94. The summed E-state index contributed by atoms with van der Waals surface area (Å²) in [4.78, 5) is 32.0. The number of thiazole rings is 1. The summed E-state index contributed by atoms with van der Waals surface area (Å²) in [5.41, 5.74) is 6.72. The van der Waals surface area contributed by atoms with Crippen LogP contribution in [0.1, 0.15) is 52.2 Å². The number of aromatic nitrogens is 1. The van der Waals surface area contributed by atoms with Crippen molar-refractivity contribution in [3.8, 4) is 11.3 Å². The predicted molar refractivity (Wildman–Crippen MR) is 167 cm³/mol. The minimum Gasteiger partial charge on any atom is -0.462 e. The second kappa shape index (κ2) is 10.9. The molecule has 0 radical (unpaired) electrons. The molecule has 8 heteroatoms. The van der Waals surface area contributed by atoms with Crippen LogP contribution >= 0.6 is 27.3 Å². The average molecular weight is 638 g/mol. The van der Waals surface area contributed by atoms with Gasteiger partial charge in [0.15, 0.2) is 4.80 Å². The van der Waals surface area contributed by atoms with E-state index in [1.54, 1.807) is 31.2 Å². The van der Waals surface area contributed by atoms with Gasteiger partial charge < -0.3 is 9.15 Å². The van der Waals surface area contributed by atoms with Crippen molar-refractivity contribution < 1.29 is 13.9 Å². The van der Waals surface area contributed by atoms with Gasteiger partial charge in [-0.15, -0.1) is 0 Å². The standard InChI is InChI=1S/C34H25BrN2O4S/c1-2-40-33(39)23-8-5-7-22(18-23)28-17-15-25(41-28)19-29-32(38)37-31(21-10-13-24(35)14-11-21)27-16-12-20-6-3-4-9-26(20)30(27)36-34(37)42-29/h3-11,13-15,17-19,31H,2,12,16H2,1H3/b29-19-/t31-/m0/s1. The molecule has 2 aromatic heterocycles. The first-order chi connectivity index (χ1) is 20.5. The molecule has 208 valence electrons. The van der Waals surface area contributed by atoms with Crippen molar-refractivity contribution in [1.82, 2.24) is 4.57 Å². The molecule has 7 rings (SSSR count). The molecule has 5 aromatic rings. The maximum Gasteiger partial charge on any atom is 0.338 e. The summed E-state index contributed by atoms with van der Waals surface area (Å²) in [5, 5.41) is 0. The van der Waals surface area contributed by atoms with Crippen molar-refractivity contribution in [3.63, 3.8) is 0 Å². The smallest absolute Gasteiger partial charge is 0.338 e. The van der Waals surface area contributed by atoms with Gasteiger partial charge in [0.2, 0.25) is 0 Å². The summed E-state index contributed by atoms with van der Waals surface area (Å²) < 4.78 is 14.6. The predicted octanol–water partition coefficient (Wildman–Crippen LogP) is 6.52. The van der Waals surface area contributed by atoms with E-state index in [1.165, 1.54) is 16.9 Å². The lowest BCUT2D eigenvalue weighted by Gasteiger charge is -2.30. The van der Waals surface area contributed by atoms with Gasteiger partial charge in [-0.2, -0.15) is 0 Å². The largest absolute Gasteiger partial charge is 0.462 e. The number of carbonyl (C=O) groups excluding carboxylic acids is 1. The fourth-order valence-electron chi connectivity index (χ4n) is 5.70. The SMILES string of the molecule is CCOC(=O)c1cccc(-c2ccc(/C=c3\sc4n(c3=O)[C@@H](c3ccc(Br)cc3)C3=C(N=4)c4ccccc4CC3)o2)c1. The molecule has 3 heterocycles. The Morgan fingerprint density at radius 1 is 1.07 bits per heavy atom. The Bertz CT molecular complexity index is 2070. The molecule has 6 nitrogen and oxygen atoms in total. The van der Waals surface area contributed by atoms with E-state index in [9.17, 15) is 9.59 Å². The van der Waals surface area contributed by atoms with Gasteiger partial charge in [-0.3, -0.25) is 9.36 Å². The topological polar surface area (TPSA) is 73.8 Å². The van der Waals surface area contributed by atoms with Crippen molar-refractivity contribution in [1.29, 1.82) is 0 Å². The molecule has 0 amide bonds. The van der Waals surface area contributed by atoms with Crippen LogP contribution in [0.25, 0.3) is 23.1 Å². The molecule has 0 fully saturated rings. The third-order valence-electron chi connectivity index (χ3n) is 7.62. The normalized spacial score (nSPS) is 16.0. The first kappa shape index (κ1) is 26.6. The highest BCUT2D eigenvalue weighted by molar-refractivity contribution is 9.10. The van der Waals surface area contributed by atoms with Crippen LogP contribution in [-0.4, -0.2) is 17.1 Å². The van der Waals surface area contributed by atoms with E-state index >= 15 is 0 Å². The molecule has 0 saturated carbocycles. The summed E-state index contributed by atoms with van der Waals surface area (Å²) >= 11 is 4.92. The number of nitrogens with zero attached hydrogens (tertiary/aromatic N) is 2. The summed E-state index contributed by atoms with van der Waals surface area (Å²) in [6.07, 6.45) is 3.53. The fraction of sp³-hybridized carbons (Fsp3) is 0.147. The highest BCUT2D eigenvalue weighted by Gasteiger charge is 2.32. The second-order valence-electron chi connectivity index (χ2n) is 10.2. The van der Waals surface area contributed by atoms with E-state index in [0.29, 0.717) is 33.0 Å². The zero-order chi connectivity index (χ0) is 28.8. The van der Waals surface area contributed by atoms with Crippen LogP contribution in [0.5, 0.6) is 0 Å². The lowest BCUT2D eigenvalue weighted by atomic mass is 9.83. The van der Waals surface area contributed by atoms with Gasteiger partial charge in [0.05, 0.1) is 28.4 Å². The quantitative estimate of drug-likeness (QED) is 0.206. The molecule has 1 aliphatic carbocycles. The van der Waals surface area contributed by atoms with Crippen LogP contribution < -0.4 is 14.9 Å². The van der Waals surface area contributed by atoms with Gasteiger partial charge in [0, 0.05) is 21.7 Å². The third kappa shape index (κ3) is 4.70. The molecule has 42 heavy (non-hydrogen) atoms. The molecule has 0 saturated heterocycles. The van der Waals surface area contributed by atoms with E-state index in [4.69, 9.17) is 14.1 Å². The van der Waals surface area contributed by atoms with Crippen LogP contribution in [0.4, 0.5) is 0 Å². The summed E-state index contributed by atoms with van der Waals surface area (Å²) in [6.45, 7) is 2.09. The zero-order valence-electron chi connectivity index (χ0n) is 22.7. The number of hydrogen-bond donors (Lipinski definition) is 0. The number of allylic oxidation sites excluding steroid dienone is 1. The van der Waals surface area contributed by atoms with E-state index in [2.05, 4.69) is 46.3 Å². The van der Waals surface area contributed by atoms with E-state index in [-0.39, 0.29) is 17.6 Å². The zero-order valence-corrected chi connectivity index (χ0v) is 25.1. The van der Waals surface area contributed by atoms with Crippen molar-refractivity contribution in [3.05, 3.63) is 143 Å². The molecule has 0 N–H and O–H groups in total. The highest BCUT2D eigenvalue weighted by Crippen LogP contribution is 2.41. The van der Waals surface area contributed by atoms with Crippen LogP contribution in [0.3, 0.4) is 0 Å². The van der Waals surface area contributed by atoms with Gasteiger partial charge in [0.1, 0.15) is 11.5 Å². The Labute approximate surface area is 254 Å². The number of esters is 1. The Morgan fingerprint density at radius 3 is 2.74 bits per heavy atom. The Morgan fingerprint density at radius 2 is 1.90 bits per heavy atom. The lowest BCUT2D eigenvalue weighted by Crippen LogP contribution is -2.38. The summed E-state index contributed by atoms with van der Waals surface area (Å²) in [5.74, 6) is 0.768. The van der Waals surface area contributed by atoms with Gasteiger partial charge in [0.25, 0.3) is 5.56 Å². The van der Waals surface area contributed by atoms with Crippen molar-refractivity contribution in [2.45, 2.75) is 25.8 Å². The number of benzene rings is 3. The van der Waals surface area contributed by atoms with Gasteiger partial charge in [-0.1, -0.05) is 75.8 Å². The molecular formula is C34H25BrN2O4S. The van der Waals surface area contributed by atoms with Crippen LogP contribution in [0, 0.1) is 0 Å². The number of aryl methyl sites for hydroxylation is 1. The first-order valence-electron chi connectivity index (χ1n) is 13.8. The van der Waals surface area contributed by atoms with E-state index < -0.39 is 0 Å². The van der Waals surface area contributed by atoms with Crippen molar-refractivity contribution in [2.75, 3.05) is 6.61 Å². The molecule has 3 aromatic carbocycles. The molecule has 1 atom stereocenters. The second-order valence-corrected chi connectivity index (χ2v) is 12.1. The number of furan rings is 1. The number of hydrogen-bond acceptors (Lipinski definition) is 6.